The fourth-order valence-electron chi connectivity index (χ4n) is 3.98. The molecule has 1 N–H and O–H groups in total. The maximum absolute atomic E-state index is 12.5. The number of benzene rings is 1. The number of aromatic nitrogens is 4. The molecule has 162 valence electrons. The molecule has 1 saturated carbocycles. The summed E-state index contributed by atoms with van der Waals surface area (Å²) in [6.07, 6.45) is 9.85. The first-order valence-corrected chi connectivity index (χ1v) is 11.9. The Morgan fingerprint density at radius 1 is 1.06 bits per heavy atom. The lowest BCUT2D eigenvalue weighted by Gasteiger charge is -2.21. The van der Waals surface area contributed by atoms with E-state index in [1.165, 1.54) is 55.0 Å². The smallest absolute Gasteiger partial charge is 0.230 e. The summed E-state index contributed by atoms with van der Waals surface area (Å²) in [5, 5.41) is 12.7. The molecule has 1 aliphatic carbocycles. The number of nitrogens with one attached hydrogen (secondary N) is 1. The van der Waals surface area contributed by atoms with Crippen molar-refractivity contribution < 1.29 is 4.79 Å². The van der Waals surface area contributed by atoms with Crippen LogP contribution in [-0.4, -0.2) is 38.0 Å². The van der Waals surface area contributed by atoms with Crippen LogP contribution < -0.4 is 5.32 Å². The van der Waals surface area contributed by atoms with Gasteiger partial charge in [-0.25, -0.2) is 0 Å². The van der Waals surface area contributed by atoms with E-state index in [9.17, 15) is 4.79 Å². The molecule has 2 aromatic heterocycles. The Labute approximate surface area is 187 Å². The number of hydrogen-bond donors (Lipinski definition) is 1. The Kier molecular flexibility index (Phi) is 7.02. The van der Waals surface area contributed by atoms with Gasteiger partial charge in [-0.1, -0.05) is 37.1 Å². The molecule has 2 heterocycles. The van der Waals surface area contributed by atoms with E-state index in [-0.39, 0.29) is 5.91 Å². The second kappa shape index (κ2) is 10.1. The number of aryl methyl sites for hydroxylation is 2. The maximum Gasteiger partial charge on any atom is 0.230 e. The Balaban J connectivity index is 1.52. The maximum atomic E-state index is 12.5. The molecule has 0 aliphatic heterocycles. The lowest BCUT2D eigenvalue weighted by Crippen LogP contribution is -2.31. The number of rotatable bonds is 7. The zero-order chi connectivity index (χ0) is 21.6. The van der Waals surface area contributed by atoms with Crippen LogP contribution in [0.25, 0.3) is 17.1 Å². The lowest BCUT2D eigenvalue weighted by atomic mass is 9.89. The predicted molar refractivity (Wildman–Crippen MR) is 124 cm³/mol. The lowest BCUT2D eigenvalue weighted by molar-refractivity contribution is -0.118. The fourth-order valence-corrected chi connectivity index (χ4v) is 4.76. The summed E-state index contributed by atoms with van der Waals surface area (Å²) in [6.45, 7) is 4.98. The first-order valence-electron chi connectivity index (χ1n) is 10.9. The molecular weight excluding hydrogens is 406 g/mol. The minimum Gasteiger partial charge on any atom is -0.355 e. The van der Waals surface area contributed by atoms with E-state index in [1.54, 1.807) is 12.4 Å². The molecule has 31 heavy (non-hydrogen) atoms. The normalized spacial score (nSPS) is 14.5. The van der Waals surface area contributed by atoms with Crippen molar-refractivity contribution in [3.05, 3.63) is 53.9 Å². The summed E-state index contributed by atoms with van der Waals surface area (Å²) in [6, 6.07) is 10.2. The van der Waals surface area contributed by atoms with E-state index in [2.05, 4.69) is 52.5 Å². The molecule has 1 aromatic carbocycles. The van der Waals surface area contributed by atoms with Crippen molar-refractivity contribution >= 4 is 17.7 Å². The van der Waals surface area contributed by atoms with Gasteiger partial charge >= 0.3 is 0 Å². The number of thioether (sulfide) groups is 1. The van der Waals surface area contributed by atoms with Gasteiger partial charge in [-0.3, -0.25) is 14.3 Å². The van der Waals surface area contributed by atoms with Gasteiger partial charge in [-0.15, -0.1) is 10.2 Å². The van der Waals surface area contributed by atoms with Crippen LogP contribution in [0.3, 0.4) is 0 Å². The van der Waals surface area contributed by atoms with E-state index in [1.807, 2.05) is 16.7 Å². The van der Waals surface area contributed by atoms with Crippen molar-refractivity contribution in [3.8, 4) is 17.1 Å². The average Bonchev–Trinajstić information content (AvgIpc) is 3.23. The third-order valence-electron chi connectivity index (χ3n) is 5.97. The van der Waals surface area contributed by atoms with Crippen LogP contribution in [0.15, 0.2) is 47.9 Å². The minimum absolute atomic E-state index is 0.0515. The van der Waals surface area contributed by atoms with E-state index in [4.69, 9.17) is 0 Å². The molecule has 0 atom stereocenters. The number of carbonyl (C=O) groups is 1. The molecule has 0 bridgehead atoms. The Bertz CT molecular complexity index is 1030. The molecule has 0 radical (unpaired) electrons. The molecule has 7 heteroatoms. The Hall–Kier alpha value is -2.67. The highest BCUT2D eigenvalue weighted by Gasteiger charge is 2.19. The van der Waals surface area contributed by atoms with Crippen LogP contribution in [0.1, 0.15) is 43.2 Å². The predicted octanol–water partition coefficient (Wildman–Crippen LogP) is 4.73. The summed E-state index contributed by atoms with van der Waals surface area (Å²) in [4.78, 5) is 16.6. The topological polar surface area (TPSA) is 72.7 Å². The third kappa shape index (κ3) is 5.34. The van der Waals surface area contributed by atoms with Crippen LogP contribution in [0.5, 0.6) is 0 Å². The zero-order valence-corrected chi connectivity index (χ0v) is 19.0. The first-order chi connectivity index (χ1) is 15.1. The molecule has 0 spiro atoms. The zero-order valence-electron chi connectivity index (χ0n) is 18.2. The van der Waals surface area contributed by atoms with Crippen LogP contribution in [0, 0.1) is 19.8 Å². The van der Waals surface area contributed by atoms with Gasteiger partial charge < -0.3 is 5.32 Å². The van der Waals surface area contributed by atoms with Crippen molar-refractivity contribution in [1.29, 1.82) is 0 Å². The summed E-state index contributed by atoms with van der Waals surface area (Å²) < 4.78 is 2.03. The van der Waals surface area contributed by atoms with E-state index in [0.29, 0.717) is 16.8 Å². The molecule has 1 amide bonds. The van der Waals surface area contributed by atoms with E-state index in [0.717, 1.165) is 23.6 Å². The number of carbonyl (C=O) groups excluding carboxylic acids is 1. The van der Waals surface area contributed by atoms with Crippen molar-refractivity contribution in [1.82, 2.24) is 25.1 Å². The van der Waals surface area contributed by atoms with Crippen molar-refractivity contribution in [2.24, 2.45) is 5.92 Å². The van der Waals surface area contributed by atoms with Crippen LogP contribution in [0.2, 0.25) is 0 Å². The summed E-state index contributed by atoms with van der Waals surface area (Å²) in [5.41, 5.74) is 4.37. The molecule has 6 nitrogen and oxygen atoms in total. The van der Waals surface area contributed by atoms with Crippen molar-refractivity contribution in [2.75, 3.05) is 12.3 Å². The molecular formula is C24H29N5OS. The highest BCUT2D eigenvalue weighted by molar-refractivity contribution is 7.99. The minimum atomic E-state index is 0.0515. The second-order valence-corrected chi connectivity index (χ2v) is 9.19. The van der Waals surface area contributed by atoms with Gasteiger partial charge in [0.05, 0.1) is 11.4 Å². The highest BCUT2D eigenvalue weighted by Crippen LogP contribution is 2.29. The number of amides is 1. The van der Waals surface area contributed by atoms with Gasteiger partial charge in [0, 0.05) is 24.5 Å². The largest absolute Gasteiger partial charge is 0.355 e. The second-order valence-electron chi connectivity index (χ2n) is 8.24. The monoisotopic (exact) mass is 435 g/mol. The van der Waals surface area contributed by atoms with Crippen LogP contribution in [-0.2, 0) is 4.79 Å². The quantitative estimate of drug-likeness (QED) is 0.543. The molecule has 4 rings (SSSR count). The molecule has 3 aromatic rings. The summed E-state index contributed by atoms with van der Waals surface area (Å²) >= 11 is 1.42. The van der Waals surface area contributed by atoms with Crippen molar-refractivity contribution in [3.63, 3.8) is 0 Å². The van der Waals surface area contributed by atoms with Crippen LogP contribution >= 0.6 is 11.8 Å². The van der Waals surface area contributed by atoms with Gasteiger partial charge in [-0.05, 0) is 68.0 Å². The molecule has 0 saturated heterocycles. The Morgan fingerprint density at radius 3 is 2.58 bits per heavy atom. The van der Waals surface area contributed by atoms with Gasteiger partial charge in [-0.2, -0.15) is 0 Å². The van der Waals surface area contributed by atoms with Crippen LogP contribution in [0.4, 0.5) is 0 Å². The van der Waals surface area contributed by atoms with E-state index < -0.39 is 0 Å². The number of pyridine rings is 1. The summed E-state index contributed by atoms with van der Waals surface area (Å²) in [5.74, 6) is 1.75. The molecule has 1 fully saturated rings. The molecule has 0 unspecified atom stereocenters. The van der Waals surface area contributed by atoms with Crippen molar-refractivity contribution in [2.45, 2.75) is 51.1 Å². The SMILES string of the molecule is Cc1ccc(-n2c(SCC(=O)NCC3CCCCC3)nnc2-c2ccncc2)cc1C. The third-order valence-corrected chi connectivity index (χ3v) is 6.89. The highest BCUT2D eigenvalue weighted by atomic mass is 32.2. The number of nitrogens with zero attached hydrogens (tertiary/aromatic N) is 4. The first kappa shape index (κ1) is 21.6. The fraction of sp³-hybridized carbons (Fsp3) is 0.417. The van der Waals surface area contributed by atoms with Gasteiger partial charge in [0.1, 0.15) is 0 Å². The standard InChI is InChI=1S/C24H29N5OS/c1-17-8-9-21(14-18(17)2)29-23(20-10-12-25-13-11-20)27-28-24(29)31-16-22(30)26-15-19-6-4-3-5-7-19/h8-14,19H,3-7,15-16H2,1-2H3,(H,26,30). The van der Waals surface area contributed by atoms with E-state index >= 15 is 0 Å². The molecule has 1 aliphatic rings. The summed E-state index contributed by atoms with van der Waals surface area (Å²) in [7, 11) is 0. The van der Waals surface area contributed by atoms with Gasteiger partial charge in [0.2, 0.25) is 5.91 Å². The average molecular weight is 436 g/mol. The van der Waals surface area contributed by atoms with Gasteiger partial charge in [0.15, 0.2) is 11.0 Å². The number of hydrogen-bond acceptors (Lipinski definition) is 5. The van der Waals surface area contributed by atoms with Gasteiger partial charge in [0.25, 0.3) is 0 Å². The Morgan fingerprint density at radius 2 is 1.84 bits per heavy atom.